The molecular formula is C8H9F2NO3. The highest BCUT2D eigenvalue weighted by Gasteiger charge is 2.36. The molecule has 6 heteroatoms. The van der Waals surface area contributed by atoms with Gasteiger partial charge in [0, 0.05) is 12.1 Å². The van der Waals surface area contributed by atoms with Gasteiger partial charge in [0.15, 0.2) is 0 Å². The molecule has 0 aliphatic heterocycles. The second kappa shape index (κ2) is 3.30. The van der Waals surface area contributed by atoms with Gasteiger partial charge in [0.1, 0.15) is 22.8 Å². The fourth-order valence-corrected chi connectivity index (χ4v) is 1.07. The van der Waals surface area contributed by atoms with E-state index in [9.17, 15) is 8.78 Å². The minimum Gasteiger partial charge on any atom is -0.508 e. The lowest BCUT2D eigenvalue weighted by Gasteiger charge is -2.16. The molecule has 78 valence electrons. The molecule has 0 saturated carbocycles. The molecule has 14 heavy (non-hydrogen) atoms. The molecule has 0 aliphatic rings. The number of rotatable bonds is 2. The van der Waals surface area contributed by atoms with E-state index in [0.29, 0.717) is 12.1 Å². The van der Waals surface area contributed by atoms with Crippen molar-refractivity contribution in [1.29, 1.82) is 0 Å². The summed E-state index contributed by atoms with van der Waals surface area (Å²) in [5.41, 5.74) is 3.81. The SMILES string of the molecule is NCC(F)(F)c1c(O)cc(O)cc1O. The van der Waals surface area contributed by atoms with Gasteiger partial charge in [-0.2, -0.15) is 8.78 Å². The van der Waals surface area contributed by atoms with Gasteiger partial charge in [0.05, 0.1) is 6.54 Å². The summed E-state index contributed by atoms with van der Waals surface area (Å²) in [5, 5.41) is 27.0. The predicted octanol–water partition coefficient (Wildman–Crippen LogP) is 0.854. The van der Waals surface area contributed by atoms with Gasteiger partial charge in [-0.05, 0) is 0 Å². The molecule has 0 aromatic heterocycles. The molecule has 0 aliphatic carbocycles. The summed E-state index contributed by atoms with van der Waals surface area (Å²) in [4.78, 5) is 0. The summed E-state index contributed by atoms with van der Waals surface area (Å²) in [7, 11) is 0. The highest BCUT2D eigenvalue weighted by atomic mass is 19.3. The molecule has 0 fully saturated rings. The van der Waals surface area contributed by atoms with Gasteiger partial charge in [0.25, 0.3) is 5.92 Å². The number of phenols is 3. The Morgan fingerprint density at radius 1 is 1.14 bits per heavy atom. The molecule has 0 atom stereocenters. The van der Waals surface area contributed by atoms with Gasteiger partial charge in [-0.15, -0.1) is 0 Å². The third-order valence-corrected chi connectivity index (χ3v) is 1.70. The van der Waals surface area contributed by atoms with E-state index in [2.05, 4.69) is 0 Å². The fraction of sp³-hybridized carbons (Fsp3) is 0.250. The molecule has 0 amide bonds. The molecule has 0 saturated heterocycles. The van der Waals surface area contributed by atoms with Crippen LogP contribution in [0.4, 0.5) is 8.78 Å². The van der Waals surface area contributed by atoms with Crippen LogP contribution in [0.25, 0.3) is 0 Å². The zero-order valence-electron chi connectivity index (χ0n) is 7.04. The van der Waals surface area contributed by atoms with Crippen LogP contribution in [0, 0.1) is 0 Å². The standard InChI is InChI=1S/C8H9F2NO3/c9-8(10,3-11)7-5(13)1-4(12)2-6(7)14/h1-2,12-14H,3,11H2. The van der Waals surface area contributed by atoms with Crippen molar-refractivity contribution in [2.24, 2.45) is 5.73 Å². The van der Waals surface area contributed by atoms with E-state index in [1.807, 2.05) is 0 Å². The van der Waals surface area contributed by atoms with Crippen LogP contribution in [-0.2, 0) is 5.92 Å². The lowest BCUT2D eigenvalue weighted by atomic mass is 10.1. The van der Waals surface area contributed by atoms with Crippen molar-refractivity contribution in [3.05, 3.63) is 17.7 Å². The number of aromatic hydroxyl groups is 3. The summed E-state index contributed by atoms with van der Waals surface area (Å²) in [6, 6.07) is 1.41. The summed E-state index contributed by atoms with van der Waals surface area (Å²) < 4.78 is 26.0. The molecule has 0 unspecified atom stereocenters. The fourth-order valence-electron chi connectivity index (χ4n) is 1.07. The quantitative estimate of drug-likeness (QED) is 0.576. The molecule has 0 radical (unpaired) electrons. The van der Waals surface area contributed by atoms with Crippen LogP contribution in [-0.4, -0.2) is 21.9 Å². The van der Waals surface area contributed by atoms with Crippen molar-refractivity contribution < 1.29 is 24.1 Å². The molecular weight excluding hydrogens is 196 g/mol. The van der Waals surface area contributed by atoms with Crippen LogP contribution in [0.5, 0.6) is 17.2 Å². The molecule has 1 aromatic carbocycles. The molecule has 0 heterocycles. The first-order valence-corrected chi connectivity index (χ1v) is 3.72. The van der Waals surface area contributed by atoms with Gasteiger partial charge in [0.2, 0.25) is 0 Å². The third kappa shape index (κ3) is 1.69. The minimum absolute atomic E-state index is 0.503. The minimum atomic E-state index is -3.53. The maximum atomic E-state index is 13.0. The van der Waals surface area contributed by atoms with Crippen LogP contribution in [0.15, 0.2) is 12.1 Å². The van der Waals surface area contributed by atoms with Gasteiger partial charge in [-0.3, -0.25) is 0 Å². The van der Waals surface area contributed by atoms with E-state index in [-0.39, 0.29) is 0 Å². The number of hydrogen-bond donors (Lipinski definition) is 4. The molecule has 5 N–H and O–H groups in total. The molecule has 4 nitrogen and oxygen atoms in total. The van der Waals surface area contributed by atoms with Crippen molar-refractivity contribution in [3.63, 3.8) is 0 Å². The zero-order valence-corrected chi connectivity index (χ0v) is 7.04. The highest BCUT2D eigenvalue weighted by Crippen LogP contribution is 2.41. The average Bonchev–Trinajstić information content (AvgIpc) is 2.01. The normalized spacial score (nSPS) is 11.6. The van der Waals surface area contributed by atoms with Gasteiger partial charge < -0.3 is 21.1 Å². The van der Waals surface area contributed by atoms with Crippen molar-refractivity contribution in [3.8, 4) is 17.2 Å². The number of phenolic OH excluding ortho intramolecular Hbond substituents is 3. The van der Waals surface area contributed by atoms with E-state index in [4.69, 9.17) is 21.1 Å². The lowest BCUT2D eigenvalue weighted by Crippen LogP contribution is -2.25. The van der Waals surface area contributed by atoms with Crippen LogP contribution in [0.3, 0.4) is 0 Å². The van der Waals surface area contributed by atoms with Gasteiger partial charge >= 0.3 is 0 Å². The summed E-state index contributed by atoms with van der Waals surface area (Å²) in [5.74, 6) is -5.81. The number of nitrogens with two attached hydrogens (primary N) is 1. The monoisotopic (exact) mass is 205 g/mol. The second-order valence-electron chi connectivity index (χ2n) is 2.77. The molecule has 1 rings (SSSR count). The van der Waals surface area contributed by atoms with Gasteiger partial charge in [-0.1, -0.05) is 0 Å². The van der Waals surface area contributed by atoms with Crippen molar-refractivity contribution >= 4 is 0 Å². The van der Waals surface area contributed by atoms with Crippen molar-refractivity contribution in [2.45, 2.75) is 5.92 Å². The highest BCUT2D eigenvalue weighted by molar-refractivity contribution is 5.51. The maximum absolute atomic E-state index is 13.0. The molecule has 0 spiro atoms. The van der Waals surface area contributed by atoms with Crippen LogP contribution < -0.4 is 5.73 Å². The summed E-state index contributed by atoms with van der Waals surface area (Å²) >= 11 is 0. The third-order valence-electron chi connectivity index (χ3n) is 1.70. The lowest BCUT2D eigenvalue weighted by molar-refractivity contribution is 0.00149. The Hall–Kier alpha value is -1.56. The number of alkyl halides is 2. The van der Waals surface area contributed by atoms with Crippen LogP contribution >= 0.6 is 0 Å². The van der Waals surface area contributed by atoms with E-state index < -0.39 is 35.3 Å². The van der Waals surface area contributed by atoms with E-state index in [1.54, 1.807) is 0 Å². The number of halogens is 2. The van der Waals surface area contributed by atoms with Gasteiger partial charge in [-0.25, -0.2) is 0 Å². The van der Waals surface area contributed by atoms with Crippen molar-refractivity contribution in [2.75, 3.05) is 6.54 Å². The Kier molecular flexibility index (Phi) is 2.48. The largest absolute Gasteiger partial charge is 0.508 e. The first-order valence-electron chi connectivity index (χ1n) is 3.72. The Balaban J connectivity index is 3.35. The smallest absolute Gasteiger partial charge is 0.292 e. The maximum Gasteiger partial charge on any atom is 0.292 e. The Labute approximate surface area is 78.2 Å². The van der Waals surface area contributed by atoms with Crippen LogP contribution in [0.2, 0.25) is 0 Å². The Bertz CT molecular complexity index is 331. The Morgan fingerprint density at radius 2 is 1.57 bits per heavy atom. The zero-order chi connectivity index (χ0) is 10.9. The number of hydrogen-bond acceptors (Lipinski definition) is 4. The Morgan fingerprint density at radius 3 is 1.93 bits per heavy atom. The summed E-state index contributed by atoms with van der Waals surface area (Å²) in [6.07, 6.45) is 0. The first kappa shape index (κ1) is 10.5. The van der Waals surface area contributed by atoms with Crippen molar-refractivity contribution in [1.82, 2.24) is 0 Å². The molecule has 0 bridgehead atoms. The first-order chi connectivity index (χ1) is 6.38. The average molecular weight is 205 g/mol. The van der Waals surface area contributed by atoms with E-state index in [1.165, 1.54) is 0 Å². The van der Waals surface area contributed by atoms with E-state index in [0.717, 1.165) is 0 Å². The summed E-state index contributed by atoms with van der Waals surface area (Å²) in [6.45, 7) is -1.04. The van der Waals surface area contributed by atoms with Crippen LogP contribution in [0.1, 0.15) is 5.56 Å². The topological polar surface area (TPSA) is 86.7 Å². The molecule has 1 aromatic rings. The number of benzene rings is 1. The predicted molar refractivity (Wildman–Crippen MR) is 44.4 cm³/mol. The van der Waals surface area contributed by atoms with E-state index >= 15 is 0 Å². The second-order valence-corrected chi connectivity index (χ2v) is 2.77.